The Kier molecular flexibility index (Phi) is 12.0. The fourth-order valence-electron chi connectivity index (χ4n) is 13.7. The second kappa shape index (κ2) is 20.6. The molecule has 0 saturated carbocycles. The van der Waals surface area contributed by atoms with Crippen LogP contribution in [0.4, 0.5) is 17.1 Å². The van der Waals surface area contributed by atoms with Crippen molar-refractivity contribution in [2.24, 2.45) is 0 Å². The molecule has 2 heteroatoms. The van der Waals surface area contributed by atoms with Crippen LogP contribution in [0.15, 0.2) is 315 Å². The Morgan fingerprint density at radius 1 is 0.286 bits per heavy atom. The molecular weight excluding hydrogens is 1010 g/mol. The first-order chi connectivity index (χ1) is 41.7. The molecule has 0 saturated heterocycles. The number of rotatable bonds is 10. The summed E-state index contributed by atoms with van der Waals surface area (Å²) in [5, 5.41) is 12.3. The molecule has 0 amide bonds. The summed E-state index contributed by atoms with van der Waals surface area (Å²) < 4.78 is 2.46. The van der Waals surface area contributed by atoms with E-state index in [1.54, 1.807) is 0 Å². The van der Waals surface area contributed by atoms with Crippen molar-refractivity contribution in [3.8, 4) is 61.3 Å². The van der Waals surface area contributed by atoms with E-state index in [1.807, 2.05) is 0 Å². The summed E-state index contributed by atoms with van der Waals surface area (Å²) in [6, 6.07) is 110. The first-order valence-electron chi connectivity index (χ1n) is 29.3. The average Bonchev–Trinajstić information content (AvgIpc) is 3.85. The van der Waals surface area contributed by atoms with Gasteiger partial charge in [-0.15, -0.1) is 0 Å². The Bertz CT molecular complexity index is 5060. The monoisotopic (exact) mass is 1070 g/mol. The summed E-state index contributed by atoms with van der Waals surface area (Å²) in [5.74, 6) is 0. The van der Waals surface area contributed by atoms with Crippen molar-refractivity contribution in [2.45, 2.75) is 12.8 Å². The molecule has 2 nitrogen and oxygen atoms in total. The van der Waals surface area contributed by atoms with Gasteiger partial charge in [0.15, 0.2) is 0 Å². The van der Waals surface area contributed by atoms with Gasteiger partial charge >= 0.3 is 0 Å². The molecule has 14 aromatic carbocycles. The van der Waals surface area contributed by atoms with E-state index in [0.29, 0.717) is 0 Å². The van der Waals surface area contributed by atoms with Gasteiger partial charge in [-0.25, -0.2) is 0 Å². The highest BCUT2D eigenvalue weighted by molar-refractivity contribution is 6.26. The first-order valence-corrected chi connectivity index (χ1v) is 29.3. The lowest BCUT2D eigenvalue weighted by molar-refractivity contribution is 1.04. The van der Waals surface area contributed by atoms with Gasteiger partial charge in [0.05, 0.1) is 16.7 Å². The maximum atomic E-state index is 2.46. The van der Waals surface area contributed by atoms with Crippen molar-refractivity contribution < 1.29 is 0 Å². The van der Waals surface area contributed by atoms with Crippen molar-refractivity contribution >= 4 is 87.5 Å². The lowest BCUT2D eigenvalue weighted by atomic mass is 9.83. The van der Waals surface area contributed by atoms with Crippen LogP contribution in [0.1, 0.15) is 18.4 Å². The summed E-state index contributed by atoms with van der Waals surface area (Å²) in [5.41, 5.74) is 21.5. The number of fused-ring (bicyclic) bond motifs is 7. The Balaban J connectivity index is 0.852. The van der Waals surface area contributed by atoms with Gasteiger partial charge in [-0.3, -0.25) is 0 Å². The molecule has 394 valence electrons. The maximum absolute atomic E-state index is 2.46. The van der Waals surface area contributed by atoms with Crippen LogP contribution in [0.5, 0.6) is 0 Å². The number of hydrogen-bond acceptors (Lipinski definition) is 1. The molecule has 0 atom stereocenters. The number of nitrogens with zero attached hydrogens (tertiary/aromatic N) is 2. The average molecular weight is 1070 g/mol. The van der Waals surface area contributed by atoms with Gasteiger partial charge in [0.1, 0.15) is 0 Å². The lowest BCUT2D eigenvalue weighted by Gasteiger charge is -2.27. The molecule has 1 aromatic heterocycles. The second-order valence-corrected chi connectivity index (χ2v) is 22.1. The van der Waals surface area contributed by atoms with E-state index >= 15 is 0 Å². The molecule has 1 aliphatic rings. The van der Waals surface area contributed by atoms with Gasteiger partial charge < -0.3 is 9.47 Å². The molecule has 84 heavy (non-hydrogen) atoms. The normalized spacial score (nSPS) is 12.5. The summed E-state index contributed by atoms with van der Waals surface area (Å²) in [7, 11) is 0. The van der Waals surface area contributed by atoms with Crippen molar-refractivity contribution in [1.82, 2.24) is 4.57 Å². The molecule has 15 aromatic rings. The molecule has 16 rings (SSSR count). The third kappa shape index (κ3) is 8.25. The Morgan fingerprint density at radius 3 is 1.36 bits per heavy atom. The largest absolute Gasteiger partial charge is 0.310 e. The van der Waals surface area contributed by atoms with E-state index in [2.05, 4.69) is 325 Å². The van der Waals surface area contributed by atoms with Crippen LogP contribution in [-0.4, -0.2) is 4.57 Å². The summed E-state index contributed by atoms with van der Waals surface area (Å²) in [4.78, 5) is 2.43. The Morgan fingerprint density at radius 2 is 0.738 bits per heavy atom. The fourth-order valence-corrected chi connectivity index (χ4v) is 13.7. The van der Waals surface area contributed by atoms with Crippen LogP contribution in [0.25, 0.3) is 132 Å². The minimum Gasteiger partial charge on any atom is -0.310 e. The smallest absolute Gasteiger partial charge is 0.0541 e. The molecular formula is C82H56N2. The number of allylic oxidation sites excluding steroid dienone is 4. The molecule has 1 heterocycles. The molecule has 0 bridgehead atoms. The predicted molar refractivity (Wildman–Crippen MR) is 359 cm³/mol. The van der Waals surface area contributed by atoms with Crippen LogP contribution in [-0.2, 0) is 0 Å². The van der Waals surface area contributed by atoms with Gasteiger partial charge in [0.25, 0.3) is 0 Å². The second-order valence-electron chi connectivity index (χ2n) is 22.1. The van der Waals surface area contributed by atoms with E-state index in [0.717, 1.165) is 46.6 Å². The number of anilines is 3. The van der Waals surface area contributed by atoms with Crippen LogP contribution in [0.2, 0.25) is 0 Å². The zero-order chi connectivity index (χ0) is 55.5. The number of benzene rings is 14. The van der Waals surface area contributed by atoms with Gasteiger partial charge in [0, 0.05) is 33.2 Å². The van der Waals surface area contributed by atoms with Crippen LogP contribution in [0.3, 0.4) is 0 Å². The molecule has 0 N–H and O–H groups in total. The highest BCUT2D eigenvalue weighted by Gasteiger charge is 2.23. The van der Waals surface area contributed by atoms with E-state index < -0.39 is 0 Å². The van der Waals surface area contributed by atoms with Crippen LogP contribution >= 0.6 is 0 Å². The van der Waals surface area contributed by atoms with E-state index in [-0.39, 0.29) is 0 Å². The number of aromatic nitrogens is 1. The minimum absolute atomic E-state index is 1.06. The van der Waals surface area contributed by atoms with Gasteiger partial charge in [-0.1, -0.05) is 249 Å². The SMILES string of the molecule is C1=CC(c2ccccc2-c2ccc3c(c2)c2cc(-c4ccccc4-c4ccccc4)ccc2n3-c2ccc(N(c3ccccc3)c3cccc4c(-c5c6ccccc6c(-c6cccc7ccccc67)c6ccccc56)cccc34)cc2)=CCC1. The number of para-hydroxylation sites is 1. The topological polar surface area (TPSA) is 8.17 Å². The zero-order valence-corrected chi connectivity index (χ0v) is 46.3. The first kappa shape index (κ1) is 49.1. The van der Waals surface area contributed by atoms with E-state index in [1.165, 1.54) is 121 Å². The highest BCUT2D eigenvalue weighted by atomic mass is 15.1. The third-order valence-corrected chi connectivity index (χ3v) is 17.4. The Hall–Kier alpha value is -10.8. The minimum atomic E-state index is 1.06. The standard InChI is InChI=1S/C82H56N2/c1-4-23-55(24-5-1)63-31-12-14-34-66(63)58-45-51-79-76(53-58)77-54-59(67-35-15-13-32-64(67)56-25-6-2-7-26-56)46-52-80(77)84(79)62-49-47-61(48-50-62)83(60-29-8-3-9-30-60)78-44-22-40-68-69(78)41-21-43-71(68)82-74-38-18-16-36-72(74)81(73-37-17-19-39-75(73)82)70-42-20-28-57-27-10-11-33-65(57)70/h1,3-6,8-54H,2,7H2. The van der Waals surface area contributed by atoms with E-state index in [4.69, 9.17) is 0 Å². The summed E-state index contributed by atoms with van der Waals surface area (Å²) in [6.45, 7) is 0. The van der Waals surface area contributed by atoms with Gasteiger partial charge in [-0.2, -0.15) is 0 Å². The van der Waals surface area contributed by atoms with Crippen LogP contribution < -0.4 is 4.90 Å². The highest BCUT2D eigenvalue weighted by Crippen LogP contribution is 2.49. The summed E-state index contributed by atoms with van der Waals surface area (Å²) in [6.07, 6.45) is 9.12. The fraction of sp³-hybridized carbons (Fsp3) is 0.0244. The molecule has 0 fully saturated rings. The van der Waals surface area contributed by atoms with Gasteiger partial charge in [0.2, 0.25) is 0 Å². The van der Waals surface area contributed by atoms with Crippen molar-refractivity contribution in [3.63, 3.8) is 0 Å². The predicted octanol–water partition coefficient (Wildman–Crippen LogP) is 22.9. The van der Waals surface area contributed by atoms with E-state index in [9.17, 15) is 0 Å². The molecule has 0 unspecified atom stereocenters. The molecule has 1 aliphatic carbocycles. The van der Waals surface area contributed by atoms with Crippen molar-refractivity contribution in [2.75, 3.05) is 4.90 Å². The Labute approximate surface area is 489 Å². The molecule has 0 radical (unpaired) electrons. The summed E-state index contributed by atoms with van der Waals surface area (Å²) >= 11 is 0. The molecule has 0 spiro atoms. The molecule has 0 aliphatic heterocycles. The van der Waals surface area contributed by atoms with Crippen molar-refractivity contribution in [1.29, 1.82) is 0 Å². The van der Waals surface area contributed by atoms with Crippen LogP contribution in [0, 0.1) is 0 Å². The third-order valence-electron chi connectivity index (χ3n) is 17.4. The van der Waals surface area contributed by atoms with Gasteiger partial charge in [-0.05, 0) is 184 Å². The van der Waals surface area contributed by atoms with Crippen molar-refractivity contribution in [3.05, 3.63) is 321 Å². The number of hydrogen-bond donors (Lipinski definition) is 0. The zero-order valence-electron chi connectivity index (χ0n) is 46.3. The quantitative estimate of drug-likeness (QED) is 0.124. The maximum Gasteiger partial charge on any atom is 0.0541 e. The lowest BCUT2D eigenvalue weighted by Crippen LogP contribution is -2.10.